The Bertz CT molecular complexity index is 428. The van der Waals surface area contributed by atoms with Crippen LogP contribution >= 0.6 is 0 Å². The third kappa shape index (κ3) is 5.20. The number of hydrogen-bond acceptors (Lipinski definition) is 6. The van der Waals surface area contributed by atoms with E-state index >= 15 is 0 Å². The monoisotopic (exact) mass is 315 g/mol. The Morgan fingerprint density at radius 2 is 1.91 bits per heavy atom. The molecule has 1 aliphatic rings. The lowest BCUT2D eigenvalue weighted by Gasteiger charge is -2.28. The zero-order chi connectivity index (χ0) is 16.9. The normalized spacial score (nSPS) is 19.5. The first-order chi connectivity index (χ1) is 10.2. The minimum Gasteiger partial charge on any atom is -0.463 e. The summed E-state index contributed by atoms with van der Waals surface area (Å²) >= 11 is 0. The topological polar surface area (TPSA) is 82.1 Å². The van der Waals surface area contributed by atoms with E-state index in [-0.39, 0.29) is 6.61 Å². The molecule has 1 fully saturated rings. The molecule has 7 heteroatoms. The maximum atomic E-state index is 12.2. The van der Waals surface area contributed by atoms with Gasteiger partial charge in [-0.3, -0.25) is 4.90 Å². The predicted octanol–water partition coefficient (Wildman–Crippen LogP) is 1.88. The molecule has 22 heavy (non-hydrogen) atoms. The summed E-state index contributed by atoms with van der Waals surface area (Å²) in [4.78, 5) is 37.1. The molecule has 1 aliphatic heterocycles. The predicted molar refractivity (Wildman–Crippen MR) is 78.1 cm³/mol. The van der Waals surface area contributed by atoms with E-state index in [1.165, 1.54) is 11.8 Å². The van der Waals surface area contributed by atoms with E-state index in [4.69, 9.17) is 14.2 Å². The number of likely N-dealkylation sites (tertiary alicyclic amines) is 1. The molecule has 2 atom stereocenters. The molecule has 1 amide bonds. The van der Waals surface area contributed by atoms with Gasteiger partial charge in [0.25, 0.3) is 0 Å². The van der Waals surface area contributed by atoms with Crippen molar-refractivity contribution in [1.29, 1.82) is 0 Å². The SMILES string of the molecule is CCOC(=O)[C@@H](C)OC(=O)[C@@H]1CCCN1C(=O)OC(C)(C)C. The van der Waals surface area contributed by atoms with Crippen molar-refractivity contribution in [3.05, 3.63) is 0 Å². The number of carbonyl (C=O) groups is 3. The summed E-state index contributed by atoms with van der Waals surface area (Å²) in [6, 6.07) is -0.716. The van der Waals surface area contributed by atoms with Crippen LogP contribution in [0.2, 0.25) is 0 Å². The first kappa shape index (κ1) is 18.3. The summed E-state index contributed by atoms with van der Waals surface area (Å²) in [5.74, 6) is -1.21. The minimum atomic E-state index is -0.992. The molecule has 0 aliphatic carbocycles. The van der Waals surface area contributed by atoms with Crippen molar-refractivity contribution in [2.75, 3.05) is 13.2 Å². The van der Waals surface area contributed by atoms with E-state index in [9.17, 15) is 14.4 Å². The van der Waals surface area contributed by atoms with Crippen LogP contribution in [0, 0.1) is 0 Å². The molecule has 0 unspecified atom stereocenters. The van der Waals surface area contributed by atoms with Gasteiger partial charge in [0.1, 0.15) is 11.6 Å². The first-order valence-electron chi connectivity index (χ1n) is 7.52. The van der Waals surface area contributed by atoms with Crippen molar-refractivity contribution in [1.82, 2.24) is 4.90 Å². The van der Waals surface area contributed by atoms with Gasteiger partial charge in [-0.2, -0.15) is 0 Å². The second kappa shape index (κ2) is 7.47. The van der Waals surface area contributed by atoms with Crippen LogP contribution in [-0.2, 0) is 23.8 Å². The number of amides is 1. The van der Waals surface area contributed by atoms with Gasteiger partial charge in [0.2, 0.25) is 0 Å². The van der Waals surface area contributed by atoms with E-state index < -0.39 is 35.8 Å². The largest absolute Gasteiger partial charge is 0.463 e. The fraction of sp³-hybridized carbons (Fsp3) is 0.800. The average molecular weight is 315 g/mol. The number of hydrogen-bond donors (Lipinski definition) is 0. The second-order valence-electron chi connectivity index (χ2n) is 6.16. The molecule has 1 heterocycles. The first-order valence-corrected chi connectivity index (χ1v) is 7.52. The fourth-order valence-electron chi connectivity index (χ4n) is 2.11. The van der Waals surface area contributed by atoms with Crippen LogP contribution in [0.5, 0.6) is 0 Å². The third-order valence-corrected chi connectivity index (χ3v) is 3.06. The highest BCUT2D eigenvalue weighted by Crippen LogP contribution is 2.22. The van der Waals surface area contributed by atoms with E-state index in [2.05, 4.69) is 0 Å². The lowest BCUT2D eigenvalue weighted by molar-refractivity contribution is -0.168. The molecule has 126 valence electrons. The highest BCUT2D eigenvalue weighted by atomic mass is 16.6. The summed E-state index contributed by atoms with van der Waals surface area (Å²) in [6.45, 7) is 9.05. The summed E-state index contributed by atoms with van der Waals surface area (Å²) in [6.07, 6.45) is -0.357. The lowest BCUT2D eigenvalue weighted by Crippen LogP contribution is -2.45. The molecule has 1 saturated heterocycles. The number of rotatable bonds is 4. The van der Waals surface area contributed by atoms with Crippen LogP contribution in [0.4, 0.5) is 4.79 Å². The van der Waals surface area contributed by atoms with Crippen LogP contribution < -0.4 is 0 Å². The van der Waals surface area contributed by atoms with Gasteiger partial charge in [-0.25, -0.2) is 14.4 Å². The van der Waals surface area contributed by atoms with Crippen molar-refractivity contribution in [2.45, 2.75) is 65.2 Å². The smallest absolute Gasteiger partial charge is 0.411 e. The summed E-state index contributed by atoms with van der Waals surface area (Å²) < 4.78 is 15.2. The Morgan fingerprint density at radius 1 is 1.27 bits per heavy atom. The van der Waals surface area contributed by atoms with E-state index in [0.717, 1.165) is 0 Å². The molecule has 0 aromatic heterocycles. The van der Waals surface area contributed by atoms with Crippen molar-refractivity contribution < 1.29 is 28.6 Å². The van der Waals surface area contributed by atoms with Crippen LogP contribution in [0.1, 0.15) is 47.5 Å². The van der Waals surface area contributed by atoms with Crippen molar-refractivity contribution >= 4 is 18.0 Å². The van der Waals surface area contributed by atoms with Gasteiger partial charge in [-0.1, -0.05) is 0 Å². The highest BCUT2D eigenvalue weighted by molar-refractivity contribution is 5.85. The van der Waals surface area contributed by atoms with Crippen LogP contribution in [0.15, 0.2) is 0 Å². The summed E-state index contributed by atoms with van der Waals surface area (Å²) in [5.41, 5.74) is -0.633. The molecule has 7 nitrogen and oxygen atoms in total. The number of ether oxygens (including phenoxy) is 3. The zero-order valence-corrected chi connectivity index (χ0v) is 13.9. The Labute approximate surface area is 130 Å². The molecule has 0 bridgehead atoms. The average Bonchev–Trinajstić information content (AvgIpc) is 2.86. The van der Waals surface area contributed by atoms with Crippen LogP contribution in [-0.4, -0.2) is 53.8 Å². The van der Waals surface area contributed by atoms with E-state index in [0.29, 0.717) is 19.4 Å². The quantitative estimate of drug-likeness (QED) is 0.582. The molecule has 1 rings (SSSR count). The van der Waals surface area contributed by atoms with Gasteiger partial charge in [0, 0.05) is 6.54 Å². The summed E-state index contributed by atoms with van der Waals surface area (Å²) in [7, 11) is 0. The Balaban J connectivity index is 2.64. The number of nitrogens with zero attached hydrogens (tertiary/aromatic N) is 1. The molecular weight excluding hydrogens is 290 g/mol. The third-order valence-electron chi connectivity index (χ3n) is 3.06. The van der Waals surface area contributed by atoms with Gasteiger partial charge in [-0.05, 0) is 47.5 Å². The Morgan fingerprint density at radius 3 is 2.45 bits per heavy atom. The minimum absolute atomic E-state index is 0.216. The highest BCUT2D eigenvalue weighted by Gasteiger charge is 2.38. The second-order valence-corrected chi connectivity index (χ2v) is 6.16. The van der Waals surface area contributed by atoms with Gasteiger partial charge < -0.3 is 14.2 Å². The van der Waals surface area contributed by atoms with Gasteiger partial charge in [0.05, 0.1) is 6.61 Å². The van der Waals surface area contributed by atoms with E-state index in [1.807, 2.05) is 0 Å². The van der Waals surface area contributed by atoms with Crippen LogP contribution in [0.25, 0.3) is 0 Å². The van der Waals surface area contributed by atoms with Crippen molar-refractivity contribution in [3.63, 3.8) is 0 Å². The zero-order valence-electron chi connectivity index (χ0n) is 13.9. The molecule has 0 aromatic carbocycles. The fourth-order valence-corrected chi connectivity index (χ4v) is 2.11. The Hall–Kier alpha value is -1.79. The van der Waals surface area contributed by atoms with Crippen LogP contribution in [0.3, 0.4) is 0 Å². The molecule has 0 spiro atoms. The standard InChI is InChI=1S/C15H25NO6/c1-6-20-12(17)10(2)21-13(18)11-8-7-9-16(11)14(19)22-15(3,4)5/h10-11H,6-9H2,1-5H3/t10-,11+/m1/s1. The Kier molecular flexibility index (Phi) is 6.20. The van der Waals surface area contributed by atoms with Gasteiger partial charge in [-0.15, -0.1) is 0 Å². The lowest BCUT2D eigenvalue weighted by atomic mass is 10.2. The maximum Gasteiger partial charge on any atom is 0.411 e. The van der Waals surface area contributed by atoms with Crippen molar-refractivity contribution in [3.8, 4) is 0 Å². The molecule has 0 radical (unpaired) electrons. The number of esters is 2. The van der Waals surface area contributed by atoms with Gasteiger partial charge >= 0.3 is 18.0 Å². The molecule has 0 N–H and O–H groups in total. The molecule has 0 saturated carbocycles. The number of carbonyl (C=O) groups excluding carboxylic acids is 3. The van der Waals surface area contributed by atoms with Crippen molar-refractivity contribution in [2.24, 2.45) is 0 Å². The maximum absolute atomic E-state index is 12.2. The summed E-state index contributed by atoms with van der Waals surface area (Å²) in [5, 5.41) is 0. The van der Waals surface area contributed by atoms with Gasteiger partial charge in [0.15, 0.2) is 6.10 Å². The molecular formula is C15H25NO6. The molecule has 0 aromatic rings. The van der Waals surface area contributed by atoms with E-state index in [1.54, 1.807) is 27.7 Å².